The zero-order chi connectivity index (χ0) is 12.6. The molecule has 0 spiro atoms. The zero-order valence-corrected chi connectivity index (χ0v) is 11.0. The molecule has 0 bridgehead atoms. The van der Waals surface area contributed by atoms with Crippen LogP contribution in [0.3, 0.4) is 0 Å². The van der Waals surface area contributed by atoms with Gasteiger partial charge in [0.05, 0.1) is 12.7 Å². The second-order valence-electron chi connectivity index (χ2n) is 4.60. The molecule has 0 aliphatic carbocycles. The Kier molecular flexibility index (Phi) is 7.80. The normalized spacial score (nSPS) is 13.6. The summed E-state index contributed by atoms with van der Waals surface area (Å²) in [6.07, 6.45) is 0.476. The molecular formula is C11H22O4S. The first-order valence-electron chi connectivity index (χ1n) is 5.43. The molecular weight excluding hydrogens is 228 g/mol. The Balaban J connectivity index is 3.42. The molecule has 96 valence electrons. The van der Waals surface area contributed by atoms with Crippen LogP contribution in [-0.2, 0) is 9.53 Å². The van der Waals surface area contributed by atoms with Gasteiger partial charge >= 0.3 is 5.97 Å². The fourth-order valence-electron chi connectivity index (χ4n) is 0.983. The topological polar surface area (TPSA) is 66.8 Å². The zero-order valence-electron chi connectivity index (χ0n) is 10.2. The number of esters is 1. The van der Waals surface area contributed by atoms with E-state index in [4.69, 9.17) is 14.9 Å². The predicted molar refractivity (Wildman–Crippen MR) is 65.5 cm³/mol. The van der Waals surface area contributed by atoms with Crippen LogP contribution in [-0.4, -0.2) is 46.0 Å². The molecule has 0 fully saturated rings. The number of thioether (sulfide) groups is 1. The molecule has 1 unspecified atom stereocenters. The van der Waals surface area contributed by atoms with Crippen LogP contribution in [0.5, 0.6) is 0 Å². The minimum Gasteiger partial charge on any atom is -0.460 e. The van der Waals surface area contributed by atoms with E-state index in [1.54, 1.807) is 0 Å². The summed E-state index contributed by atoms with van der Waals surface area (Å²) in [5.41, 5.74) is -0.419. The van der Waals surface area contributed by atoms with Crippen LogP contribution in [0.4, 0.5) is 0 Å². The van der Waals surface area contributed by atoms with Gasteiger partial charge in [0.2, 0.25) is 0 Å². The number of rotatable bonds is 7. The second-order valence-corrected chi connectivity index (χ2v) is 5.75. The van der Waals surface area contributed by atoms with Crippen LogP contribution in [0.25, 0.3) is 0 Å². The maximum Gasteiger partial charge on any atom is 0.306 e. The van der Waals surface area contributed by atoms with Gasteiger partial charge in [0.25, 0.3) is 0 Å². The third-order valence-electron chi connectivity index (χ3n) is 1.61. The second kappa shape index (κ2) is 7.92. The van der Waals surface area contributed by atoms with Gasteiger partial charge in [-0.3, -0.25) is 4.79 Å². The number of ether oxygens (including phenoxy) is 1. The average Bonchev–Trinajstić information content (AvgIpc) is 2.14. The smallest absolute Gasteiger partial charge is 0.306 e. The van der Waals surface area contributed by atoms with Crippen molar-refractivity contribution in [3.8, 4) is 0 Å². The molecule has 16 heavy (non-hydrogen) atoms. The summed E-state index contributed by atoms with van der Waals surface area (Å²) < 4.78 is 5.15. The van der Waals surface area contributed by atoms with Crippen LogP contribution in [0.1, 0.15) is 33.6 Å². The SMILES string of the molecule is CC(C)(C)OC(=O)CCCSCC(O)CO. The standard InChI is InChI=1S/C11H22O4S/c1-11(2,3)15-10(14)5-4-6-16-8-9(13)7-12/h9,12-13H,4-8H2,1-3H3. The maximum atomic E-state index is 11.3. The summed E-state index contributed by atoms with van der Waals surface area (Å²) >= 11 is 1.53. The largest absolute Gasteiger partial charge is 0.460 e. The van der Waals surface area contributed by atoms with Crippen molar-refractivity contribution >= 4 is 17.7 Å². The van der Waals surface area contributed by atoms with Crippen molar-refractivity contribution < 1.29 is 19.7 Å². The number of hydrogen-bond donors (Lipinski definition) is 2. The molecule has 0 radical (unpaired) electrons. The highest BCUT2D eigenvalue weighted by atomic mass is 32.2. The summed E-state index contributed by atoms with van der Waals surface area (Å²) in [6, 6.07) is 0. The third-order valence-corrected chi connectivity index (χ3v) is 2.81. The molecule has 0 aromatic rings. The van der Waals surface area contributed by atoms with Gasteiger partial charge in [0.15, 0.2) is 0 Å². The van der Waals surface area contributed by atoms with Gasteiger partial charge in [-0.25, -0.2) is 0 Å². The van der Waals surface area contributed by atoms with E-state index >= 15 is 0 Å². The first kappa shape index (κ1) is 15.7. The van der Waals surface area contributed by atoms with Crippen molar-refractivity contribution in [1.29, 1.82) is 0 Å². The highest BCUT2D eigenvalue weighted by Crippen LogP contribution is 2.11. The lowest BCUT2D eigenvalue weighted by Gasteiger charge is -2.19. The van der Waals surface area contributed by atoms with Crippen LogP contribution >= 0.6 is 11.8 Å². The van der Waals surface area contributed by atoms with Crippen molar-refractivity contribution in [2.24, 2.45) is 0 Å². The summed E-state index contributed by atoms with van der Waals surface area (Å²) in [4.78, 5) is 11.3. The summed E-state index contributed by atoms with van der Waals surface area (Å²) in [5.74, 6) is 1.11. The van der Waals surface area contributed by atoms with Crippen molar-refractivity contribution in [1.82, 2.24) is 0 Å². The van der Waals surface area contributed by atoms with Gasteiger partial charge < -0.3 is 14.9 Å². The first-order valence-corrected chi connectivity index (χ1v) is 6.59. The lowest BCUT2D eigenvalue weighted by molar-refractivity contribution is -0.154. The number of carbonyl (C=O) groups excluding carboxylic acids is 1. The van der Waals surface area contributed by atoms with E-state index in [0.29, 0.717) is 12.2 Å². The molecule has 1 atom stereocenters. The van der Waals surface area contributed by atoms with E-state index in [9.17, 15) is 4.79 Å². The summed E-state index contributed by atoms with van der Waals surface area (Å²) in [7, 11) is 0. The van der Waals surface area contributed by atoms with Crippen molar-refractivity contribution in [2.75, 3.05) is 18.1 Å². The van der Waals surface area contributed by atoms with Crippen molar-refractivity contribution in [3.05, 3.63) is 0 Å². The summed E-state index contributed by atoms with van der Waals surface area (Å²) in [6.45, 7) is 5.32. The molecule has 5 heteroatoms. The minimum atomic E-state index is -0.661. The van der Waals surface area contributed by atoms with Crippen molar-refractivity contribution in [2.45, 2.75) is 45.3 Å². The molecule has 0 heterocycles. The lowest BCUT2D eigenvalue weighted by atomic mass is 10.2. The van der Waals surface area contributed by atoms with Gasteiger partial charge in [-0.1, -0.05) is 0 Å². The van der Waals surface area contributed by atoms with Gasteiger partial charge in [0, 0.05) is 12.2 Å². The van der Waals surface area contributed by atoms with Gasteiger partial charge in [-0.15, -0.1) is 0 Å². The molecule has 0 aromatic heterocycles. The lowest BCUT2D eigenvalue weighted by Crippen LogP contribution is -2.23. The molecule has 4 nitrogen and oxygen atoms in total. The highest BCUT2D eigenvalue weighted by molar-refractivity contribution is 7.99. The van der Waals surface area contributed by atoms with E-state index in [1.807, 2.05) is 20.8 Å². The Morgan fingerprint density at radius 1 is 1.44 bits per heavy atom. The van der Waals surface area contributed by atoms with Gasteiger partial charge in [-0.05, 0) is 32.9 Å². The maximum absolute atomic E-state index is 11.3. The summed E-state index contributed by atoms with van der Waals surface area (Å²) in [5, 5.41) is 17.6. The monoisotopic (exact) mass is 250 g/mol. The number of hydrogen-bond acceptors (Lipinski definition) is 5. The van der Waals surface area contributed by atoms with E-state index in [1.165, 1.54) is 11.8 Å². The third kappa shape index (κ3) is 10.3. The molecule has 0 aliphatic rings. The Morgan fingerprint density at radius 3 is 2.56 bits per heavy atom. The van der Waals surface area contributed by atoms with Gasteiger partial charge in [-0.2, -0.15) is 11.8 Å². The molecule has 0 saturated carbocycles. The fraction of sp³-hybridized carbons (Fsp3) is 0.909. The van der Waals surface area contributed by atoms with E-state index in [-0.39, 0.29) is 12.6 Å². The Labute approximate surface area is 101 Å². The minimum absolute atomic E-state index is 0.184. The van der Waals surface area contributed by atoms with Crippen molar-refractivity contribution in [3.63, 3.8) is 0 Å². The molecule has 2 N–H and O–H groups in total. The molecule has 0 amide bonds. The van der Waals surface area contributed by atoms with Crippen LogP contribution in [0.15, 0.2) is 0 Å². The Hall–Kier alpha value is -0.260. The molecule has 0 saturated heterocycles. The predicted octanol–water partition coefficient (Wildman–Crippen LogP) is 1.19. The Bertz CT molecular complexity index is 201. The molecule has 0 aliphatic heterocycles. The highest BCUT2D eigenvalue weighted by Gasteiger charge is 2.15. The van der Waals surface area contributed by atoms with E-state index < -0.39 is 11.7 Å². The molecule has 0 aromatic carbocycles. The van der Waals surface area contributed by atoms with E-state index in [0.717, 1.165) is 12.2 Å². The Morgan fingerprint density at radius 2 is 2.06 bits per heavy atom. The fourth-order valence-corrected chi connectivity index (χ4v) is 1.88. The van der Waals surface area contributed by atoms with E-state index in [2.05, 4.69) is 0 Å². The number of aliphatic hydroxyl groups is 2. The number of carbonyl (C=O) groups is 1. The van der Waals surface area contributed by atoms with Gasteiger partial charge in [0.1, 0.15) is 5.60 Å². The van der Waals surface area contributed by atoms with Crippen LogP contribution in [0, 0.1) is 0 Å². The van der Waals surface area contributed by atoms with Crippen LogP contribution < -0.4 is 0 Å². The van der Waals surface area contributed by atoms with Crippen LogP contribution in [0.2, 0.25) is 0 Å². The quantitative estimate of drug-likeness (QED) is 0.525. The average molecular weight is 250 g/mol. The number of aliphatic hydroxyl groups excluding tert-OH is 2. The first-order chi connectivity index (χ1) is 7.35. The molecule has 0 rings (SSSR count).